The molecule has 2 heterocycles. The van der Waals surface area contributed by atoms with Crippen molar-refractivity contribution in [1.29, 1.82) is 0 Å². The molecular formula is C15H17ClN2O4S2. The number of sulfone groups is 1. The molecule has 1 saturated heterocycles. The number of hydrogen-bond acceptors (Lipinski definition) is 7. The van der Waals surface area contributed by atoms with Crippen LogP contribution in [0.5, 0.6) is 0 Å². The minimum atomic E-state index is -3.10. The molecular weight excluding hydrogens is 372 g/mol. The zero-order valence-corrected chi connectivity index (χ0v) is 15.4. The highest BCUT2D eigenvalue weighted by molar-refractivity contribution is 8.14. The van der Waals surface area contributed by atoms with Crippen molar-refractivity contribution >= 4 is 50.0 Å². The second-order valence-electron chi connectivity index (χ2n) is 5.57. The van der Waals surface area contributed by atoms with Crippen molar-refractivity contribution in [2.75, 3.05) is 28.8 Å². The van der Waals surface area contributed by atoms with Gasteiger partial charge in [0.2, 0.25) is 0 Å². The van der Waals surface area contributed by atoms with E-state index in [1.54, 1.807) is 19.1 Å². The summed E-state index contributed by atoms with van der Waals surface area (Å²) in [7, 11) is -3.10. The number of anilines is 1. The van der Waals surface area contributed by atoms with Crippen LogP contribution in [0.1, 0.15) is 6.92 Å². The van der Waals surface area contributed by atoms with E-state index in [4.69, 9.17) is 16.3 Å². The first-order chi connectivity index (χ1) is 11.4. The molecule has 1 aromatic carbocycles. The van der Waals surface area contributed by atoms with Crippen LogP contribution in [-0.4, -0.2) is 55.5 Å². The molecule has 2 aliphatic heterocycles. The van der Waals surface area contributed by atoms with Crippen LogP contribution in [0.2, 0.25) is 5.02 Å². The third-order valence-electron chi connectivity index (χ3n) is 3.82. The zero-order valence-electron chi connectivity index (χ0n) is 13.0. The first-order valence-corrected chi connectivity index (χ1v) is 10.7. The number of ether oxygens (including phenoxy) is 1. The first-order valence-electron chi connectivity index (χ1n) is 7.51. The molecule has 2 atom stereocenters. The van der Waals surface area contributed by atoms with E-state index in [0.717, 1.165) is 5.69 Å². The maximum atomic E-state index is 11.9. The summed E-state index contributed by atoms with van der Waals surface area (Å²) in [6, 6.07) is 6.64. The summed E-state index contributed by atoms with van der Waals surface area (Å²) in [6.45, 7) is 2.08. The van der Waals surface area contributed by atoms with Gasteiger partial charge in [0.15, 0.2) is 15.0 Å². The standard InChI is InChI=1S/C15H17ClN2O4S2/c1-2-22-14(19)7-23-15-17-12-8-24(20,21)9-13(12)18(15)11-5-3-4-10(16)6-11/h3-6,12-13H,2,7-9H2,1H3/t12-,13+/m0/s1. The van der Waals surface area contributed by atoms with E-state index >= 15 is 0 Å². The van der Waals surface area contributed by atoms with Crippen LogP contribution in [0.25, 0.3) is 0 Å². The fraction of sp³-hybridized carbons (Fsp3) is 0.467. The van der Waals surface area contributed by atoms with Crippen LogP contribution in [-0.2, 0) is 19.4 Å². The molecule has 0 saturated carbocycles. The Kier molecular flexibility index (Phi) is 5.08. The van der Waals surface area contributed by atoms with Gasteiger partial charge in [-0.05, 0) is 25.1 Å². The molecule has 6 nitrogen and oxygen atoms in total. The Balaban J connectivity index is 1.86. The zero-order chi connectivity index (χ0) is 17.3. The van der Waals surface area contributed by atoms with Crippen LogP contribution < -0.4 is 4.90 Å². The highest BCUT2D eigenvalue weighted by atomic mass is 35.5. The Morgan fingerprint density at radius 2 is 2.25 bits per heavy atom. The maximum Gasteiger partial charge on any atom is 0.316 e. The smallest absolute Gasteiger partial charge is 0.316 e. The Bertz CT molecular complexity index is 781. The van der Waals surface area contributed by atoms with Crippen LogP contribution in [0, 0.1) is 0 Å². The monoisotopic (exact) mass is 388 g/mol. The highest BCUT2D eigenvalue weighted by Gasteiger charge is 2.47. The molecule has 0 spiro atoms. The molecule has 0 aromatic heterocycles. The van der Waals surface area contributed by atoms with Crippen molar-refractivity contribution in [3.05, 3.63) is 29.3 Å². The molecule has 0 unspecified atom stereocenters. The van der Waals surface area contributed by atoms with Gasteiger partial charge in [0.25, 0.3) is 0 Å². The number of carbonyl (C=O) groups is 1. The van der Waals surface area contributed by atoms with Crippen LogP contribution in [0.15, 0.2) is 29.3 Å². The van der Waals surface area contributed by atoms with E-state index in [1.807, 2.05) is 17.0 Å². The van der Waals surface area contributed by atoms with Gasteiger partial charge in [-0.15, -0.1) is 0 Å². The fourth-order valence-electron chi connectivity index (χ4n) is 2.89. The molecule has 0 amide bonds. The Labute approximate surface area is 150 Å². The number of benzene rings is 1. The van der Waals surface area contributed by atoms with Crippen LogP contribution in [0.3, 0.4) is 0 Å². The molecule has 130 valence electrons. The molecule has 0 radical (unpaired) electrons. The van der Waals surface area contributed by atoms with Gasteiger partial charge in [-0.3, -0.25) is 9.79 Å². The van der Waals surface area contributed by atoms with Gasteiger partial charge in [0.05, 0.1) is 35.9 Å². The summed E-state index contributed by atoms with van der Waals surface area (Å²) >= 11 is 7.33. The number of esters is 1. The molecule has 0 bridgehead atoms. The van der Waals surface area contributed by atoms with Gasteiger partial charge >= 0.3 is 5.97 Å². The second kappa shape index (κ2) is 6.93. The largest absolute Gasteiger partial charge is 0.465 e. The average molecular weight is 389 g/mol. The lowest BCUT2D eigenvalue weighted by atomic mass is 10.1. The third kappa shape index (κ3) is 3.70. The predicted octanol–water partition coefficient (Wildman–Crippen LogP) is 1.98. The average Bonchev–Trinajstić information content (AvgIpc) is 2.96. The van der Waals surface area contributed by atoms with E-state index in [9.17, 15) is 13.2 Å². The number of fused-ring (bicyclic) bond motifs is 1. The van der Waals surface area contributed by atoms with Crippen LogP contribution in [0.4, 0.5) is 5.69 Å². The van der Waals surface area contributed by atoms with Gasteiger partial charge in [0.1, 0.15) is 0 Å². The molecule has 1 aromatic rings. The molecule has 0 aliphatic carbocycles. The summed E-state index contributed by atoms with van der Waals surface area (Å²) in [5, 5.41) is 1.20. The SMILES string of the molecule is CCOC(=O)CSC1=N[C@H]2CS(=O)(=O)C[C@H]2N1c1cccc(Cl)c1. The van der Waals surface area contributed by atoms with Crippen LogP contribution >= 0.6 is 23.4 Å². The van der Waals surface area contributed by atoms with Gasteiger partial charge in [-0.2, -0.15) is 0 Å². The fourth-order valence-corrected chi connectivity index (χ4v) is 5.84. The molecule has 2 aliphatic rings. The molecule has 1 fully saturated rings. The van der Waals surface area contributed by atoms with Gasteiger partial charge in [-0.1, -0.05) is 29.4 Å². The van der Waals surface area contributed by atoms with Crippen molar-refractivity contribution in [3.63, 3.8) is 0 Å². The van der Waals surface area contributed by atoms with Gasteiger partial charge < -0.3 is 9.64 Å². The van der Waals surface area contributed by atoms with Crippen molar-refractivity contribution < 1.29 is 17.9 Å². The van der Waals surface area contributed by atoms with Crippen molar-refractivity contribution in [3.8, 4) is 0 Å². The Morgan fingerprint density at radius 3 is 2.96 bits per heavy atom. The van der Waals surface area contributed by atoms with E-state index < -0.39 is 9.84 Å². The number of hydrogen-bond donors (Lipinski definition) is 0. The van der Waals surface area contributed by atoms with Crippen molar-refractivity contribution in [2.24, 2.45) is 4.99 Å². The van der Waals surface area contributed by atoms with Gasteiger partial charge in [-0.25, -0.2) is 8.42 Å². The van der Waals surface area contributed by atoms with E-state index in [0.29, 0.717) is 16.8 Å². The molecule has 3 rings (SSSR count). The molecule has 9 heteroatoms. The molecule has 24 heavy (non-hydrogen) atoms. The number of amidine groups is 1. The lowest BCUT2D eigenvalue weighted by molar-refractivity contribution is -0.139. The number of aliphatic imine (C=N–C) groups is 1. The summed E-state index contributed by atoms with van der Waals surface area (Å²) in [6.07, 6.45) is 0. The number of carbonyl (C=O) groups excluding carboxylic acids is 1. The second-order valence-corrected chi connectivity index (χ2v) is 9.10. The first kappa shape index (κ1) is 17.6. The molecule has 0 N–H and O–H groups in total. The Hall–Kier alpha value is -1.25. The summed E-state index contributed by atoms with van der Waals surface area (Å²) in [5.74, 6) is -0.0911. The van der Waals surface area contributed by atoms with Crippen molar-refractivity contribution in [1.82, 2.24) is 0 Å². The minimum absolute atomic E-state index is 0.0399. The summed E-state index contributed by atoms with van der Waals surface area (Å²) in [5.41, 5.74) is 0.780. The number of halogens is 1. The van der Waals surface area contributed by atoms with E-state index in [2.05, 4.69) is 4.99 Å². The Morgan fingerprint density at radius 1 is 1.46 bits per heavy atom. The lowest BCUT2D eigenvalue weighted by Crippen LogP contribution is -2.39. The highest BCUT2D eigenvalue weighted by Crippen LogP contribution is 2.35. The van der Waals surface area contributed by atoms with E-state index in [1.165, 1.54) is 11.8 Å². The maximum absolute atomic E-state index is 11.9. The predicted molar refractivity (Wildman–Crippen MR) is 96.7 cm³/mol. The topological polar surface area (TPSA) is 76.0 Å². The number of nitrogens with zero attached hydrogens (tertiary/aromatic N) is 2. The quantitative estimate of drug-likeness (QED) is 0.734. The number of rotatable bonds is 4. The minimum Gasteiger partial charge on any atom is -0.465 e. The normalized spacial score (nSPS) is 24.6. The summed E-state index contributed by atoms with van der Waals surface area (Å²) < 4.78 is 28.8. The summed E-state index contributed by atoms with van der Waals surface area (Å²) in [4.78, 5) is 18.0. The van der Waals surface area contributed by atoms with Crippen molar-refractivity contribution in [2.45, 2.75) is 19.0 Å². The van der Waals surface area contributed by atoms with E-state index in [-0.39, 0.29) is 35.3 Å². The lowest BCUT2D eigenvalue weighted by Gasteiger charge is -2.26. The van der Waals surface area contributed by atoms with Gasteiger partial charge in [0, 0.05) is 10.7 Å². The number of thioether (sulfide) groups is 1. The third-order valence-corrected chi connectivity index (χ3v) is 6.69.